The molecule has 0 aliphatic rings. The number of hydrogen-bond acceptors (Lipinski definition) is 4. The van der Waals surface area contributed by atoms with Gasteiger partial charge in [0.2, 0.25) is 10.0 Å². The molecule has 0 spiro atoms. The van der Waals surface area contributed by atoms with Crippen LogP contribution in [0.2, 0.25) is 0 Å². The molecule has 0 saturated carbocycles. The minimum atomic E-state index is -3.85. The van der Waals surface area contributed by atoms with Gasteiger partial charge in [0.15, 0.2) is 0 Å². The molecule has 2 unspecified atom stereocenters. The molecule has 3 aromatic carbocycles. The third-order valence-corrected chi connectivity index (χ3v) is 5.95. The van der Waals surface area contributed by atoms with Gasteiger partial charge < -0.3 is 4.74 Å². The highest BCUT2D eigenvalue weighted by molar-refractivity contribution is 7.89. The average molecular weight is 410 g/mol. The molecular weight excluding hydrogens is 386 g/mol. The summed E-state index contributed by atoms with van der Waals surface area (Å²) in [6, 6.07) is 24.0. The summed E-state index contributed by atoms with van der Waals surface area (Å²) in [6.07, 6.45) is -0.823. The molecule has 0 saturated heterocycles. The molecule has 3 rings (SSSR count). The summed E-state index contributed by atoms with van der Waals surface area (Å²) >= 11 is 0. The summed E-state index contributed by atoms with van der Waals surface area (Å²) in [5.74, 6) is -0.491. The molecule has 29 heavy (non-hydrogen) atoms. The molecule has 1 N–H and O–H groups in total. The van der Waals surface area contributed by atoms with Crippen molar-refractivity contribution in [2.45, 2.75) is 30.9 Å². The van der Waals surface area contributed by atoms with E-state index in [0.29, 0.717) is 11.1 Å². The van der Waals surface area contributed by atoms with Gasteiger partial charge in [0.1, 0.15) is 6.10 Å². The summed E-state index contributed by atoms with van der Waals surface area (Å²) < 4.78 is 34.5. The summed E-state index contributed by atoms with van der Waals surface area (Å²) in [5, 5.41) is 0. The van der Waals surface area contributed by atoms with Crippen molar-refractivity contribution >= 4 is 16.0 Å². The number of rotatable bonds is 7. The molecule has 3 aromatic rings. The summed E-state index contributed by atoms with van der Waals surface area (Å²) in [6.45, 7) is 3.20. The van der Waals surface area contributed by atoms with Crippen molar-refractivity contribution in [3.05, 3.63) is 102 Å². The van der Waals surface area contributed by atoms with Gasteiger partial charge in [-0.05, 0) is 30.2 Å². The maximum absolute atomic E-state index is 13.1. The molecule has 0 fully saturated rings. The third kappa shape index (κ3) is 5.31. The fraction of sp³-hybridized carbons (Fsp3) is 0.174. The maximum Gasteiger partial charge on any atom is 0.303 e. The van der Waals surface area contributed by atoms with E-state index in [2.05, 4.69) is 4.72 Å². The highest BCUT2D eigenvalue weighted by Gasteiger charge is 2.32. The van der Waals surface area contributed by atoms with Crippen LogP contribution in [-0.4, -0.2) is 14.4 Å². The quantitative estimate of drug-likeness (QED) is 0.590. The zero-order chi connectivity index (χ0) is 20.9. The van der Waals surface area contributed by atoms with Crippen molar-refractivity contribution in [3.8, 4) is 0 Å². The van der Waals surface area contributed by atoms with Crippen molar-refractivity contribution in [1.82, 2.24) is 4.72 Å². The number of benzene rings is 3. The first kappa shape index (κ1) is 20.8. The van der Waals surface area contributed by atoms with Crippen LogP contribution in [-0.2, 0) is 19.6 Å². The first-order valence-corrected chi connectivity index (χ1v) is 10.7. The van der Waals surface area contributed by atoms with Gasteiger partial charge in [-0.1, -0.05) is 78.4 Å². The standard InChI is InChI=1S/C23H23NO4S/c1-17-13-15-21(16-14-17)29(26,27)24-22(19-9-5-3-6-10-19)23(28-18(2)25)20-11-7-4-8-12-20/h3-16,22-24H,1-2H3. The second-order valence-electron chi connectivity index (χ2n) is 6.76. The van der Waals surface area contributed by atoms with Crippen LogP contribution in [0.5, 0.6) is 0 Å². The van der Waals surface area contributed by atoms with Gasteiger partial charge in [-0.15, -0.1) is 0 Å². The van der Waals surface area contributed by atoms with E-state index in [1.54, 1.807) is 24.3 Å². The summed E-state index contributed by atoms with van der Waals surface area (Å²) in [4.78, 5) is 12.0. The highest BCUT2D eigenvalue weighted by Crippen LogP contribution is 2.33. The number of carbonyl (C=O) groups excluding carboxylic acids is 1. The van der Waals surface area contributed by atoms with Crippen LogP contribution in [0.15, 0.2) is 89.8 Å². The molecule has 0 radical (unpaired) electrons. The van der Waals surface area contributed by atoms with Gasteiger partial charge in [0.05, 0.1) is 10.9 Å². The molecule has 0 aromatic heterocycles. The van der Waals surface area contributed by atoms with Crippen LogP contribution in [0.25, 0.3) is 0 Å². The second-order valence-corrected chi connectivity index (χ2v) is 8.48. The predicted octanol–water partition coefficient (Wildman–Crippen LogP) is 4.32. The Morgan fingerprint density at radius 1 is 0.828 bits per heavy atom. The molecular formula is C23H23NO4S. The van der Waals surface area contributed by atoms with E-state index in [4.69, 9.17) is 4.74 Å². The molecule has 0 heterocycles. The van der Waals surface area contributed by atoms with Gasteiger partial charge in [0, 0.05) is 6.92 Å². The van der Waals surface area contributed by atoms with Crippen LogP contribution in [0.4, 0.5) is 0 Å². The highest BCUT2D eigenvalue weighted by atomic mass is 32.2. The van der Waals surface area contributed by atoms with E-state index in [1.165, 1.54) is 6.92 Å². The molecule has 150 valence electrons. The molecule has 5 nitrogen and oxygen atoms in total. The lowest BCUT2D eigenvalue weighted by Gasteiger charge is -2.28. The zero-order valence-corrected chi connectivity index (χ0v) is 17.1. The van der Waals surface area contributed by atoms with Crippen molar-refractivity contribution < 1.29 is 17.9 Å². The van der Waals surface area contributed by atoms with Crippen molar-refractivity contribution in [1.29, 1.82) is 0 Å². The number of aryl methyl sites for hydroxylation is 1. The first-order valence-electron chi connectivity index (χ1n) is 9.23. The lowest BCUT2D eigenvalue weighted by Crippen LogP contribution is -2.34. The van der Waals surface area contributed by atoms with Gasteiger partial charge in [0.25, 0.3) is 0 Å². The number of ether oxygens (including phenoxy) is 1. The predicted molar refractivity (Wildman–Crippen MR) is 112 cm³/mol. The van der Waals surface area contributed by atoms with E-state index in [-0.39, 0.29) is 4.90 Å². The number of nitrogens with one attached hydrogen (secondary N) is 1. The fourth-order valence-electron chi connectivity index (χ4n) is 3.07. The Labute approximate surface area is 171 Å². The van der Waals surface area contributed by atoms with E-state index >= 15 is 0 Å². The first-order chi connectivity index (χ1) is 13.9. The van der Waals surface area contributed by atoms with Crippen molar-refractivity contribution in [2.24, 2.45) is 0 Å². The Morgan fingerprint density at radius 2 is 1.34 bits per heavy atom. The van der Waals surface area contributed by atoms with E-state index in [0.717, 1.165) is 5.56 Å². The van der Waals surface area contributed by atoms with Crippen LogP contribution in [0, 0.1) is 6.92 Å². The van der Waals surface area contributed by atoms with E-state index < -0.39 is 28.1 Å². The minimum absolute atomic E-state index is 0.152. The van der Waals surface area contributed by atoms with Crippen LogP contribution in [0.1, 0.15) is 35.8 Å². The SMILES string of the molecule is CC(=O)OC(c1ccccc1)C(NS(=O)(=O)c1ccc(C)cc1)c1ccccc1. The molecule has 6 heteroatoms. The number of esters is 1. The monoisotopic (exact) mass is 409 g/mol. The third-order valence-electron chi connectivity index (χ3n) is 4.50. The van der Waals surface area contributed by atoms with Crippen molar-refractivity contribution in [2.75, 3.05) is 0 Å². The lowest BCUT2D eigenvalue weighted by atomic mass is 9.96. The Kier molecular flexibility index (Phi) is 6.46. The second kappa shape index (κ2) is 9.03. The van der Waals surface area contributed by atoms with Crippen LogP contribution < -0.4 is 4.72 Å². The van der Waals surface area contributed by atoms with E-state index in [9.17, 15) is 13.2 Å². The lowest BCUT2D eigenvalue weighted by molar-refractivity contribution is -0.148. The largest absolute Gasteiger partial charge is 0.456 e. The van der Waals surface area contributed by atoms with Crippen LogP contribution in [0.3, 0.4) is 0 Å². The van der Waals surface area contributed by atoms with Gasteiger partial charge in [-0.25, -0.2) is 8.42 Å². The molecule has 0 aliphatic heterocycles. The Morgan fingerprint density at radius 3 is 1.86 bits per heavy atom. The zero-order valence-electron chi connectivity index (χ0n) is 16.3. The Balaban J connectivity index is 2.06. The average Bonchev–Trinajstić information content (AvgIpc) is 2.72. The summed E-state index contributed by atoms with van der Waals surface area (Å²) in [7, 11) is -3.85. The van der Waals surface area contributed by atoms with Crippen LogP contribution >= 0.6 is 0 Å². The smallest absolute Gasteiger partial charge is 0.303 e. The maximum atomic E-state index is 13.1. The number of sulfonamides is 1. The number of carbonyl (C=O) groups is 1. The Bertz CT molecular complexity index is 1050. The van der Waals surface area contributed by atoms with Gasteiger partial charge in [-0.2, -0.15) is 4.72 Å². The summed E-state index contributed by atoms with van der Waals surface area (Å²) in [5.41, 5.74) is 2.35. The molecule has 0 aliphatic carbocycles. The molecule has 0 bridgehead atoms. The van der Waals surface area contributed by atoms with Gasteiger partial charge in [-0.3, -0.25) is 4.79 Å². The van der Waals surface area contributed by atoms with Crippen molar-refractivity contribution in [3.63, 3.8) is 0 Å². The number of hydrogen-bond donors (Lipinski definition) is 1. The molecule has 0 amide bonds. The Hall–Kier alpha value is -2.96. The van der Waals surface area contributed by atoms with E-state index in [1.807, 2.05) is 67.6 Å². The van der Waals surface area contributed by atoms with Gasteiger partial charge >= 0.3 is 5.97 Å². The topological polar surface area (TPSA) is 72.5 Å². The molecule has 2 atom stereocenters. The fourth-order valence-corrected chi connectivity index (χ4v) is 4.29. The minimum Gasteiger partial charge on any atom is -0.456 e. The normalized spacial score (nSPS) is 13.4.